The summed E-state index contributed by atoms with van der Waals surface area (Å²) in [6, 6.07) is -0.163. The van der Waals surface area contributed by atoms with Crippen LogP contribution in [0.25, 0.3) is 0 Å². The van der Waals surface area contributed by atoms with Crippen LogP contribution in [0, 0.1) is 0 Å². The zero-order chi connectivity index (χ0) is 12.1. The van der Waals surface area contributed by atoms with Gasteiger partial charge in [0.25, 0.3) is 0 Å². The Kier molecular flexibility index (Phi) is 5.41. The maximum absolute atomic E-state index is 11.9. The van der Waals surface area contributed by atoms with E-state index in [1.54, 1.807) is 6.26 Å². The lowest BCUT2D eigenvalue weighted by atomic mass is 10.3. The molecule has 3 atom stereocenters. The number of amides is 1. The monoisotopic (exact) mass is 246 g/mol. The van der Waals surface area contributed by atoms with E-state index in [0.717, 1.165) is 25.9 Å². The molecule has 1 fully saturated rings. The average Bonchev–Trinajstić information content (AvgIpc) is 2.77. The molecule has 5 heteroatoms. The highest BCUT2D eigenvalue weighted by Crippen LogP contribution is 2.08. The predicted octanol–water partition coefficient (Wildman–Crippen LogP) is 0.354. The molecule has 0 radical (unpaired) electrons. The topological polar surface area (TPSA) is 49.4 Å². The lowest BCUT2D eigenvalue weighted by Gasteiger charge is -2.22. The largest absolute Gasteiger partial charge is 0.341 e. The van der Waals surface area contributed by atoms with E-state index in [2.05, 4.69) is 5.32 Å². The number of nitrogens with one attached hydrogen (secondary N) is 1. The summed E-state index contributed by atoms with van der Waals surface area (Å²) in [5.74, 6) is 0.173. The van der Waals surface area contributed by atoms with Crippen LogP contribution in [0.4, 0.5) is 0 Å². The molecule has 0 bridgehead atoms. The van der Waals surface area contributed by atoms with Crippen molar-refractivity contribution in [3.63, 3.8) is 0 Å². The van der Waals surface area contributed by atoms with Crippen LogP contribution in [0.15, 0.2) is 0 Å². The van der Waals surface area contributed by atoms with Crippen LogP contribution >= 0.6 is 0 Å². The summed E-state index contributed by atoms with van der Waals surface area (Å²) in [4.78, 5) is 13.8. The third-order valence-electron chi connectivity index (χ3n) is 3.07. The molecule has 1 aliphatic heterocycles. The van der Waals surface area contributed by atoms with Crippen LogP contribution in [-0.2, 0) is 15.6 Å². The molecule has 0 saturated carbocycles. The fourth-order valence-electron chi connectivity index (χ4n) is 1.76. The first kappa shape index (κ1) is 13.6. The highest BCUT2D eigenvalue weighted by molar-refractivity contribution is 7.84. The molecule has 0 aliphatic carbocycles. The minimum atomic E-state index is -0.829. The average molecular weight is 246 g/mol. The molecule has 1 heterocycles. The number of carbonyl (C=O) groups is 1. The van der Waals surface area contributed by atoms with E-state index in [1.165, 1.54) is 0 Å². The van der Waals surface area contributed by atoms with E-state index in [4.69, 9.17) is 0 Å². The second-order valence-corrected chi connectivity index (χ2v) is 6.27. The van der Waals surface area contributed by atoms with Crippen molar-refractivity contribution >= 4 is 16.7 Å². The Morgan fingerprint density at radius 2 is 1.94 bits per heavy atom. The molecule has 94 valence electrons. The minimum absolute atomic E-state index is 0.0915. The Hall–Kier alpha value is -0.420. The molecular weight excluding hydrogens is 224 g/mol. The molecule has 1 saturated heterocycles. The van der Waals surface area contributed by atoms with Crippen molar-refractivity contribution in [3.8, 4) is 0 Å². The number of nitrogens with zero attached hydrogens (tertiary/aromatic N) is 1. The molecular formula is C11H22N2O2S. The van der Waals surface area contributed by atoms with Gasteiger partial charge in [0.1, 0.15) is 0 Å². The Labute approximate surface area is 100 Å². The number of likely N-dealkylation sites (tertiary alicyclic amines) is 1. The van der Waals surface area contributed by atoms with Gasteiger partial charge in [-0.1, -0.05) is 0 Å². The van der Waals surface area contributed by atoms with E-state index in [9.17, 15) is 9.00 Å². The SMILES string of the molecule is CC(NCC(C)S(C)=O)C(=O)N1CCCC1. The molecule has 0 aromatic rings. The van der Waals surface area contributed by atoms with Gasteiger partial charge in [-0.2, -0.15) is 0 Å². The Balaban J connectivity index is 2.31. The van der Waals surface area contributed by atoms with Gasteiger partial charge in [0.05, 0.1) is 6.04 Å². The van der Waals surface area contributed by atoms with Crippen LogP contribution in [-0.4, -0.2) is 52.2 Å². The lowest BCUT2D eigenvalue weighted by Crippen LogP contribution is -2.45. The molecule has 4 nitrogen and oxygen atoms in total. The Bertz CT molecular complexity index is 265. The van der Waals surface area contributed by atoms with Gasteiger partial charge in [-0.3, -0.25) is 9.00 Å². The van der Waals surface area contributed by atoms with Crippen LogP contribution in [0.1, 0.15) is 26.7 Å². The van der Waals surface area contributed by atoms with E-state index in [0.29, 0.717) is 6.54 Å². The summed E-state index contributed by atoms with van der Waals surface area (Å²) >= 11 is 0. The zero-order valence-electron chi connectivity index (χ0n) is 10.4. The van der Waals surface area contributed by atoms with Gasteiger partial charge < -0.3 is 10.2 Å². The molecule has 0 aromatic carbocycles. The summed E-state index contributed by atoms with van der Waals surface area (Å²) in [5, 5.41) is 3.25. The van der Waals surface area contributed by atoms with Crippen molar-refractivity contribution in [1.29, 1.82) is 0 Å². The third-order valence-corrected chi connectivity index (χ3v) is 4.37. The van der Waals surface area contributed by atoms with E-state index in [1.807, 2.05) is 18.7 Å². The minimum Gasteiger partial charge on any atom is -0.341 e. The predicted molar refractivity (Wildman–Crippen MR) is 66.8 cm³/mol. The summed E-state index contributed by atoms with van der Waals surface area (Å²) in [6.07, 6.45) is 3.93. The standard InChI is InChI=1S/C11H22N2O2S/c1-9(16(3)15)8-12-10(2)11(14)13-6-4-5-7-13/h9-10,12H,4-8H2,1-3H3. The summed E-state index contributed by atoms with van der Waals surface area (Å²) in [7, 11) is -0.829. The maximum Gasteiger partial charge on any atom is 0.239 e. The van der Waals surface area contributed by atoms with Crippen molar-refractivity contribution < 1.29 is 9.00 Å². The number of hydrogen-bond donors (Lipinski definition) is 1. The van der Waals surface area contributed by atoms with Gasteiger partial charge in [-0.25, -0.2) is 0 Å². The van der Waals surface area contributed by atoms with Crippen molar-refractivity contribution in [2.45, 2.75) is 38.0 Å². The first-order valence-electron chi connectivity index (χ1n) is 5.86. The van der Waals surface area contributed by atoms with E-state index < -0.39 is 10.8 Å². The fraction of sp³-hybridized carbons (Fsp3) is 0.909. The Morgan fingerprint density at radius 3 is 2.44 bits per heavy atom. The van der Waals surface area contributed by atoms with Gasteiger partial charge in [-0.05, 0) is 26.7 Å². The number of carbonyl (C=O) groups excluding carboxylic acids is 1. The summed E-state index contributed by atoms with van der Waals surface area (Å²) in [5.41, 5.74) is 0. The zero-order valence-corrected chi connectivity index (χ0v) is 11.2. The molecule has 1 amide bonds. The lowest BCUT2D eigenvalue weighted by molar-refractivity contribution is -0.131. The summed E-state index contributed by atoms with van der Waals surface area (Å²) in [6.45, 7) is 6.21. The van der Waals surface area contributed by atoms with Crippen LogP contribution in [0.3, 0.4) is 0 Å². The summed E-state index contributed by atoms with van der Waals surface area (Å²) < 4.78 is 11.2. The molecule has 0 spiro atoms. The third kappa shape index (κ3) is 3.87. The molecule has 16 heavy (non-hydrogen) atoms. The van der Waals surface area contributed by atoms with Gasteiger partial charge in [0, 0.05) is 41.9 Å². The first-order valence-corrected chi connectivity index (χ1v) is 7.49. The molecule has 3 unspecified atom stereocenters. The first-order chi connectivity index (χ1) is 7.52. The van der Waals surface area contributed by atoms with Crippen molar-refractivity contribution in [3.05, 3.63) is 0 Å². The van der Waals surface area contributed by atoms with Crippen molar-refractivity contribution in [2.75, 3.05) is 25.9 Å². The maximum atomic E-state index is 11.9. The van der Waals surface area contributed by atoms with E-state index >= 15 is 0 Å². The molecule has 1 aliphatic rings. The van der Waals surface area contributed by atoms with Gasteiger partial charge >= 0.3 is 0 Å². The van der Waals surface area contributed by atoms with Crippen molar-refractivity contribution in [2.24, 2.45) is 0 Å². The van der Waals surface area contributed by atoms with E-state index in [-0.39, 0.29) is 17.2 Å². The number of hydrogen-bond acceptors (Lipinski definition) is 3. The van der Waals surface area contributed by atoms with Crippen molar-refractivity contribution in [1.82, 2.24) is 10.2 Å². The van der Waals surface area contributed by atoms with Crippen LogP contribution in [0.5, 0.6) is 0 Å². The normalized spacial score (nSPS) is 21.8. The highest BCUT2D eigenvalue weighted by atomic mass is 32.2. The quantitative estimate of drug-likeness (QED) is 0.762. The second-order valence-electron chi connectivity index (χ2n) is 4.47. The van der Waals surface area contributed by atoms with Crippen LogP contribution in [0.2, 0.25) is 0 Å². The van der Waals surface area contributed by atoms with Crippen LogP contribution < -0.4 is 5.32 Å². The second kappa shape index (κ2) is 6.35. The van der Waals surface area contributed by atoms with Gasteiger partial charge in [0.2, 0.25) is 5.91 Å². The highest BCUT2D eigenvalue weighted by Gasteiger charge is 2.23. The molecule has 1 rings (SSSR count). The van der Waals surface area contributed by atoms with Gasteiger partial charge in [-0.15, -0.1) is 0 Å². The molecule has 0 aromatic heterocycles. The van der Waals surface area contributed by atoms with Gasteiger partial charge in [0.15, 0.2) is 0 Å². The number of rotatable bonds is 5. The smallest absolute Gasteiger partial charge is 0.239 e. The fourth-order valence-corrected chi connectivity index (χ4v) is 2.09. The Morgan fingerprint density at radius 1 is 1.38 bits per heavy atom. The molecule has 1 N–H and O–H groups in total.